The molecule has 5 N–H and O–H groups in total. The predicted octanol–water partition coefficient (Wildman–Crippen LogP) is 9.26. The van der Waals surface area contributed by atoms with Gasteiger partial charge in [0.15, 0.2) is 41.5 Å². The number of nitrogens with zero attached hydrogens (tertiary/aromatic N) is 4. The summed E-state index contributed by atoms with van der Waals surface area (Å²) in [5, 5.41) is 29.8. The largest absolute Gasteiger partial charge is 0.481 e. The van der Waals surface area contributed by atoms with Crippen molar-refractivity contribution in [1.29, 1.82) is 0 Å². The third-order valence-electron chi connectivity index (χ3n) is 13.5. The topological polar surface area (TPSA) is 270 Å². The van der Waals surface area contributed by atoms with E-state index in [9.17, 15) is 39.0 Å². The average Bonchev–Trinajstić information content (AvgIpc) is 3.99. The summed E-state index contributed by atoms with van der Waals surface area (Å²) in [6.07, 6.45) is 23.2. The van der Waals surface area contributed by atoms with Crippen molar-refractivity contribution >= 4 is 52.4 Å². The quantitative estimate of drug-likeness (QED) is 0.0546. The highest BCUT2D eigenvalue weighted by molar-refractivity contribution is 6.02. The Balaban J connectivity index is 0.000000386. The first-order valence-corrected chi connectivity index (χ1v) is 25.9. The number of ether oxygens (including phenoxy) is 4. The van der Waals surface area contributed by atoms with Crippen LogP contribution in [0.2, 0.25) is 0 Å². The minimum absolute atomic E-state index is 0.146. The van der Waals surface area contributed by atoms with E-state index in [2.05, 4.69) is 15.0 Å². The zero-order chi connectivity index (χ0) is 58.1. The van der Waals surface area contributed by atoms with Gasteiger partial charge >= 0.3 is 23.9 Å². The number of anilines is 1. The van der Waals surface area contributed by atoms with Crippen LogP contribution in [0.3, 0.4) is 0 Å². The van der Waals surface area contributed by atoms with Crippen molar-refractivity contribution in [3.05, 3.63) is 142 Å². The highest BCUT2D eigenvalue weighted by Crippen LogP contribution is 2.42. The van der Waals surface area contributed by atoms with E-state index in [1.165, 1.54) is 22.8 Å². The van der Waals surface area contributed by atoms with Crippen molar-refractivity contribution in [3.63, 3.8) is 0 Å². The van der Waals surface area contributed by atoms with E-state index in [0.717, 1.165) is 27.9 Å². The zero-order valence-corrected chi connectivity index (χ0v) is 46.9. The number of hydrogen-bond donors (Lipinski definition) is 4. The van der Waals surface area contributed by atoms with Crippen molar-refractivity contribution in [1.82, 2.24) is 19.5 Å². The Morgan fingerprint density at radius 1 is 0.705 bits per heavy atom. The van der Waals surface area contributed by atoms with Crippen LogP contribution in [-0.4, -0.2) is 107 Å². The lowest BCUT2D eigenvalue weighted by atomic mass is 9.71. The van der Waals surface area contributed by atoms with Gasteiger partial charge in [-0.15, -0.1) is 0 Å². The molecule has 3 heterocycles. The van der Waals surface area contributed by atoms with Gasteiger partial charge in [0, 0.05) is 12.8 Å². The van der Waals surface area contributed by atoms with E-state index in [1.54, 1.807) is 13.8 Å². The van der Waals surface area contributed by atoms with Crippen LogP contribution < -0.4 is 5.73 Å². The van der Waals surface area contributed by atoms with Crippen molar-refractivity contribution in [2.24, 2.45) is 10.8 Å². The summed E-state index contributed by atoms with van der Waals surface area (Å²) >= 11 is 0. The highest BCUT2D eigenvalue weighted by Gasteiger charge is 2.45. The normalized spacial score (nSPS) is 23.4. The van der Waals surface area contributed by atoms with Gasteiger partial charge in [-0.3, -0.25) is 33.3 Å². The molecular weight excluding hydrogens is 999 g/mol. The summed E-state index contributed by atoms with van der Waals surface area (Å²) < 4.78 is 23.2. The lowest BCUT2D eigenvalue weighted by molar-refractivity contribution is -0.159. The van der Waals surface area contributed by atoms with E-state index >= 15 is 0 Å². The van der Waals surface area contributed by atoms with Crippen LogP contribution in [0.15, 0.2) is 142 Å². The van der Waals surface area contributed by atoms with Crippen molar-refractivity contribution in [3.8, 4) is 0 Å². The Labute approximate surface area is 457 Å². The molecule has 1 fully saturated rings. The number of carboxylic acid groups (broad SMARTS) is 1. The number of aromatic nitrogens is 4. The second-order valence-electron chi connectivity index (χ2n) is 20.8. The Kier molecular flexibility index (Phi) is 23.3. The van der Waals surface area contributed by atoms with Gasteiger partial charge < -0.3 is 40.0 Å². The van der Waals surface area contributed by atoms with Gasteiger partial charge in [-0.2, -0.15) is 0 Å². The molecule has 1 aliphatic heterocycles. The Morgan fingerprint density at radius 2 is 1.19 bits per heavy atom. The molecule has 18 heteroatoms. The molecule has 3 aliphatic rings. The van der Waals surface area contributed by atoms with Gasteiger partial charge in [-0.1, -0.05) is 135 Å². The van der Waals surface area contributed by atoms with E-state index in [4.69, 9.17) is 29.8 Å². The van der Waals surface area contributed by atoms with E-state index < -0.39 is 66.0 Å². The molecule has 2 aromatic rings. The first-order valence-electron chi connectivity index (χ1n) is 25.9. The van der Waals surface area contributed by atoms with Crippen LogP contribution in [0.4, 0.5) is 5.82 Å². The number of imidazole rings is 1. The molecule has 1 saturated heterocycles. The first kappa shape index (κ1) is 63.1. The number of fused-ring (bicyclic) bond motifs is 1. The highest BCUT2D eigenvalue weighted by atomic mass is 16.6. The molecule has 0 saturated carbocycles. The third-order valence-corrected chi connectivity index (χ3v) is 13.5. The van der Waals surface area contributed by atoms with Gasteiger partial charge in [0.25, 0.3) is 0 Å². The molecule has 6 unspecified atom stereocenters. The van der Waals surface area contributed by atoms with Gasteiger partial charge in [0.1, 0.15) is 36.8 Å². The van der Waals surface area contributed by atoms with Gasteiger partial charge in [0.05, 0.1) is 32.0 Å². The number of nitrogen functional groups attached to an aromatic ring is 1. The van der Waals surface area contributed by atoms with Crippen molar-refractivity contribution in [2.75, 3.05) is 12.3 Å². The monoisotopic (exact) mass is 1080 g/mol. The number of nitrogens with two attached hydrogens (primary N) is 1. The van der Waals surface area contributed by atoms with Crippen LogP contribution in [-0.2, 0) is 47.7 Å². The molecule has 0 spiro atoms. The fourth-order valence-electron chi connectivity index (χ4n) is 8.88. The summed E-state index contributed by atoms with van der Waals surface area (Å²) in [6.45, 7) is 23.1. The molecule has 5 rings (SSSR count). The SMILES string of the molecule is C/C=C(C)/C=C/C=C(C)/C=C/C1=C(C)C(=O)C(OC(=O)CCC(=O)O)CC1(C)C.C/C=C/C=C(C)/C=C/C=C(C)/C=C/C1=C(C)C(=O)C(OC(=O)CCC(=O)OCC2OC(n3cnc4c(N)ncnc43)C(O)C2O)CC1(C)C. The minimum Gasteiger partial charge on any atom is -0.481 e. The summed E-state index contributed by atoms with van der Waals surface area (Å²) in [4.78, 5) is 85.6. The number of aliphatic hydroxyl groups excluding tert-OH is 2. The third kappa shape index (κ3) is 17.8. The lowest BCUT2D eigenvalue weighted by Gasteiger charge is -2.36. The molecule has 2 aromatic heterocycles. The standard InChI is InChI=1S/C36H45N5O8.C24H32O5/c1-7-8-10-21(2)11-9-12-22(3)13-14-24-23(4)30(44)25(17-36(24,5)6)48-28(43)16-15-27(42)47-18-26-31(45)32(46)35(49-26)41-20-40-29-33(37)38-19-39-34(29)41;1-7-16(2)9-8-10-17(3)11-12-19-18(4)23(28)20(15-24(19,5)6)29-22(27)14-13-21(25)26/h7-14,19-20,25-26,31-32,35,45-46H,15-18H2,1-6H3,(H2,37,38,39);7-12,20H,13-15H2,1-6H3,(H,25,26)/b8-7+,11-9+,14-13+,21-10+,22-12+;9-8+,12-11+,16-7+,17-10+. The predicted molar refractivity (Wildman–Crippen MR) is 297 cm³/mol. The molecule has 0 bridgehead atoms. The molecule has 0 radical (unpaired) electrons. The van der Waals surface area contributed by atoms with Crippen LogP contribution in [0.25, 0.3) is 11.2 Å². The summed E-state index contributed by atoms with van der Waals surface area (Å²) in [5.74, 6) is -3.52. The van der Waals surface area contributed by atoms with Crippen molar-refractivity contribution in [2.45, 2.75) is 158 Å². The van der Waals surface area contributed by atoms with Crippen LogP contribution in [0.1, 0.15) is 128 Å². The first-order chi connectivity index (χ1) is 36.7. The fourth-order valence-corrected chi connectivity index (χ4v) is 8.88. The molecule has 420 valence electrons. The van der Waals surface area contributed by atoms with Gasteiger partial charge in [-0.25, -0.2) is 15.0 Å². The molecule has 78 heavy (non-hydrogen) atoms. The Hall–Kier alpha value is -7.41. The maximum Gasteiger partial charge on any atom is 0.307 e. The lowest BCUT2D eigenvalue weighted by Crippen LogP contribution is -2.39. The maximum atomic E-state index is 13.2. The molecule has 6 atom stereocenters. The van der Waals surface area contributed by atoms with E-state index in [-0.39, 0.29) is 55.1 Å². The molecule has 0 aromatic carbocycles. The van der Waals surface area contributed by atoms with E-state index in [0.29, 0.717) is 35.2 Å². The molecule has 2 aliphatic carbocycles. The molecule has 0 amide bonds. The number of carbonyl (C=O) groups excluding carboxylic acids is 5. The Bertz CT molecular complexity index is 2920. The summed E-state index contributed by atoms with van der Waals surface area (Å²) in [5.41, 5.74) is 12.9. The smallest absolute Gasteiger partial charge is 0.307 e. The van der Waals surface area contributed by atoms with E-state index in [1.807, 2.05) is 154 Å². The number of rotatable bonds is 20. The minimum atomic E-state index is -1.38. The number of aliphatic carboxylic acids is 1. The number of esters is 3. The van der Waals surface area contributed by atoms with Crippen LogP contribution in [0, 0.1) is 10.8 Å². The maximum absolute atomic E-state index is 13.2. The molecule has 18 nitrogen and oxygen atoms in total. The number of hydrogen-bond acceptors (Lipinski definition) is 16. The summed E-state index contributed by atoms with van der Waals surface area (Å²) in [7, 11) is 0. The number of carbonyl (C=O) groups is 6. The van der Waals surface area contributed by atoms with Crippen molar-refractivity contribution < 1.29 is 63.0 Å². The number of carboxylic acids is 1. The van der Waals surface area contributed by atoms with Gasteiger partial charge in [0.2, 0.25) is 0 Å². The second kappa shape index (κ2) is 28.8. The Morgan fingerprint density at radius 3 is 1.71 bits per heavy atom. The second-order valence-corrected chi connectivity index (χ2v) is 20.8. The number of ketones is 2. The molecular formula is C60H77N5O13. The zero-order valence-electron chi connectivity index (χ0n) is 46.9. The number of Topliss-reactive ketones (excluding diaryl/α,β-unsaturated/α-hetero) is 2. The number of aliphatic hydroxyl groups is 2. The van der Waals surface area contributed by atoms with Crippen LogP contribution in [0.5, 0.6) is 0 Å². The number of allylic oxidation sites excluding steroid dienone is 20. The fraction of sp³-hybridized carbons (Fsp3) is 0.450. The average molecular weight is 1080 g/mol. The van der Waals surface area contributed by atoms with Crippen LogP contribution >= 0.6 is 0 Å². The summed E-state index contributed by atoms with van der Waals surface area (Å²) in [6, 6.07) is 0. The van der Waals surface area contributed by atoms with Gasteiger partial charge in [-0.05, 0) is 88.5 Å².